The second-order valence-corrected chi connectivity index (χ2v) is 1.55. The lowest BCUT2D eigenvalue weighted by molar-refractivity contribution is -0.134. The van der Waals surface area contributed by atoms with E-state index in [-0.39, 0.29) is 23.6 Å². The average molecular weight is 217 g/mol. The summed E-state index contributed by atoms with van der Waals surface area (Å²) in [5, 5.41) is 23.4. The van der Waals surface area contributed by atoms with E-state index in [0.29, 0.717) is 0 Å². The maximum absolute atomic E-state index is 9.00. The van der Waals surface area contributed by atoms with E-state index in [1.165, 1.54) is 6.92 Å². The molecule has 0 bridgehead atoms. The molecule has 4 nitrogen and oxygen atoms in total. The second kappa shape index (κ2) is 11.6. The summed E-state index contributed by atoms with van der Waals surface area (Å²) >= 11 is 0. The van der Waals surface area contributed by atoms with Gasteiger partial charge in [-0.3, -0.25) is 4.79 Å². The Morgan fingerprint density at radius 2 is 1.70 bits per heavy atom. The molecule has 3 N–H and O–H groups in total. The Labute approximate surface area is 70.3 Å². The summed E-state index contributed by atoms with van der Waals surface area (Å²) in [5.41, 5.74) is 0. The van der Waals surface area contributed by atoms with Gasteiger partial charge in [-0.25, -0.2) is 0 Å². The van der Waals surface area contributed by atoms with Crippen molar-refractivity contribution in [2.75, 3.05) is 6.61 Å². The Morgan fingerprint density at radius 1 is 1.60 bits per heavy atom. The molecule has 5 heteroatoms. The first-order valence-corrected chi connectivity index (χ1v) is 2.49. The Hall–Kier alpha value is -0.130. The second-order valence-electron chi connectivity index (χ2n) is 1.55. The van der Waals surface area contributed by atoms with Crippen LogP contribution in [0.25, 0.3) is 0 Å². The number of hydrogen-bond donors (Lipinski definition) is 3. The first-order chi connectivity index (χ1) is 4.00. The fourth-order valence-electron chi connectivity index (χ4n) is 0. The van der Waals surface area contributed by atoms with Crippen LogP contribution < -0.4 is 0 Å². The molecule has 0 aromatic rings. The van der Waals surface area contributed by atoms with E-state index in [2.05, 4.69) is 0 Å². The zero-order valence-corrected chi connectivity index (χ0v) is 7.66. The largest absolute Gasteiger partial charge is 0.481 e. The summed E-state index contributed by atoms with van der Waals surface area (Å²) in [5.74, 6) is -0.833. The number of aliphatic hydroxyl groups is 2. The van der Waals surface area contributed by atoms with Crippen molar-refractivity contribution in [1.82, 2.24) is 0 Å². The SMILES string of the molecule is Br.CC(=O)O.CC(O)CO. The van der Waals surface area contributed by atoms with Crippen LogP contribution in [0.1, 0.15) is 13.8 Å². The molecule has 0 aliphatic carbocycles. The highest BCUT2D eigenvalue weighted by molar-refractivity contribution is 8.93. The number of carboxylic acid groups (broad SMARTS) is 1. The molecule has 0 radical (unpaired) electrons. The highest BCUT2D eigenvalue weighted by Crippen LogP contribution is 1.68. The molecule has 10 heavy (non-hydrogen) atoms. The normalized spacial score (nSPS) is 10.0. The van der Waals surface area contributed by atoms with Gasteiger partial charge in [-0.15, -0.1) is 17.0 Å². The van der Waals surface area contributed by atoms with Gasteiger partial charge in [0.2, 0.25) is 0 Å². The summed E-state index contributed by atoms with van der Waals surface area (Å²) in [6.45, 7) is 2.47. The van der Waals surface area contributed by atoms with E-state index in [9.17, 15) is 0 Å². The molecule has 64 valence electrons. The third-order valence-electron chi connectivity index (χ3n) is 0.264. The molecule has 0 aromatic carbocycles. The van der Waals surface area contributed by atoms with Crippen LogP contribution in [0, 0.1) is 0 Å². The van der Waals surface area contributed by atoms with Crippen molar-refractivity contribution in [3.63, 3.8) is 0 Å². The summed E-state index contributed by atoms with van der Waals surface area (Å²) in [7, 11) is 0. The topological polar surface area (TPSA) is 77.8 Å². The smallest absolute Gasteiger partial charge is 0.300 e. The van der Waals surface area contributed by atoms with Crippen LogP contribution in [0.2, 0.25) is 0 Å². The fraction of sp³-hybridized carbons (Fsp3) is 0.800. The fourth-order valence-corrected chi connectivity index (χ4v) is 0. The van der Waals surface area contributed by atoms with Gasteiger partial charge in [0, 0.05) is 6.92 Å². The van der Waals surface area contributed by atoms with Gasteiger partial charge in [-0.2, -0.15) is 0 Å². The number of rotatable bonds is 1. The quantitative estimate of drug-likeness (QED) is 0.579. The van der Waals surface area contributed by atoms with Crippen LogP contribution in [0.15, 0.2) is 0 Å². The highest BCUT2D eigenvalue weighted by Gasteiger charge is 1.83. The van der Waals surface area contributed by atoms with Gasteiger partial charge in [0.05, 0.1) is 12.7 Å². The van der Waals surface area contributed by atoms with Gasteiger partial charge >= 0.3 is 0 Å². The van der Waals surface area contributed by atoms with Crippen molar-refractivity contribution >= 4 is 23.0 Å². The van der Waals surface area contributed by atoms with E-state index in [1.54, 1.807) is 0 Å². The molecular formula is C5H13BrO4. The summed E-state index contributed by atoms with van der Waals surface area (Å²) in [6, 6.07) is 0. The molecule has 0 aromatic heterocycles. The summed E-state index contributed by atoms with van der Waals surface area (Å²) in [6.07, 6.45) is -0.560. The summed E-state index contributed by atoms with van der Waals surface area (Å²) < 4.78 is 0. The molecule has 0 amide bonds. The van der Waals surface area contributed by atoms with Gasteiger partial charge in [0.1, 0.15) is 0 Å². The number of aliphatic hydroxyl groups excluding tert-OH is 2. The molecule has 0 fully saturated rings. The lowest BCUT2D eigenvalue weighted by atomic mass is 10.5. The van der Waals surface area contributed by atoms with Crippen LogP contribution >= 0.6 is 17.0 Å². The van der Waals surface area contributed by atoms with E-state index in [4.69, 9.17) is 20.1 Å². The average Bonchev–Trinajstić information content (AvgIpc) is 1.65. The lowest BCUT2D eigenvalue weighted by Crippen LogP contribution is -2.03. The molecule has 1 atom stereocenters. The van der Waals surface area contributed by atoms with E-state index >= 15 is 0 Å². The van der Waals surface area contributed by atoms with E-state index in [0.717, 1.165) is 6.92 Å². The predicted molar refractivity (Wildman–Crippen MR) is 42.4 cm³/mol. The number of aliphatic carboxylic acids is 1. The van der Waals surface area contributed by atoms with Crippen molar-refractivity contribution in [2.24, 2.45) is 0 Å². The number of carboxylic acids is 1. The monoisotopic (exact) mass is 216 g/mol. The standard InChI is InChI=1S/C3H8O2.C2H4O2.BrH/c1-3(5)2-4;1-2(3)4;/h3-5H,2H2,1H3;1H3,(H,3,4);1H. The van der Waals surface area contributed by atoms with Crippen molar-refractivity contribution in [3.05, 3.63) is 0 Å². The van der Waals surface area contributed by atoms with Crippen LogP contribution in [0.3, 0.4) is 0 Å². The predicted octanol–water partition coefficient (Wildman–Crippen LogP) is 0.0283. The van der Waals surface area contributed by atoms with Crippen molar-refractivity contribution in [3.8, 4) is 0 Å². The molecular weight excluding hydrogens is 204 g/mol. The van der Waals surface area contributed by atoms with E-state index in [1.807, 2.05) is 0 Å². The van der Waals surface area contributed by atoms with Crippen LogP contribution in [-0.2, 0) is 4.79 Å². The highest BCUT2D eigenvalue weighted by atomic mass is 79.9. The number of hydrogen-bond acceptors (Lipinski definition) is 3. The number of carbonyl (C=O) groups is 1. The first-order valence-electron chi connectivity index (χ1n) is 2.49. The summed E-state index contributed by atoms with van der Waals surface area (Å²) in [4.78, 5) is 9.00. The van der Waals surface area contributed by atoms with Crippen molar-refractivity contribution < 1.29 is 20.1 Å². The third kappa shape index (κ3) is 106. The maximum atomic E-state index is 9.00. The Balaban J connectivity index is -0.0000000910. The van der Waals surface area contributed by atoms with Crippen molar-refractivity contribution in [2.45, 2.75) is 20.0 Å². The van der Waals surface area contributed by atoms with Gasteiger partial charge in [0.15, 0.2) is 0 Å². The van der Waals surface area contributed by atoms with Crippen LogP contribution in [0.4, 0.5) is 0 Å². The van der Waals surface area contributed by atoms with Gasteiger partial charge in [-0.1, -0.05) is 0 Å². The first kappa shape index (κ1) is 16.5. The zero-order chi connectivity index (χ0) is 7.86. The van der Waals surface area contributed by atoms with Gasteiger partial charge in [-0.05, 0) is 6.92 Å². The molecule has 0 spiro atoms. The lowest BCUT2D eigenvalue weighted by Gasteiger charge is -1.90. The minimum atomic E-state index is -0.833. The molecule has 0 saturated heterocycles. The molecule has 0 aliphatic rings. The van der Waals surface area contributed by atoms with Crippen molar-refractivity contribution in [1.29, 1.82) is 0 Å². The minimum absolute atomic E-state index is 0. The third-order valence-corrected chi connectivity index (χ3v) is 0.264. The molecule has 0 saturated carbocycles. The molecule has 1 unspecified atom stereocenters. The molecule has 0 heterocycles. The van der Waals surface area contributed by atoms with Crippen LogP contribution in [0.5, 0.6) is 0 Å². The van der Waals surface area contributed by atoms with Gasteiger partial charge in [0.25, 0.3) is 5.97 Å². The Morgan fingerprint density at radius 3 is 1.70 bits per heavy atom. The van der Waals surface area contributed by atoms with E-state index < -0.39 is 12.1 Å². The maximum Gasteiger partial charge on any atom is 0.300 e. The molecule has 0 aliphatic heterocycles. The minimum Gasteiger partial charge on any atom is -0.481 e. The zero-order valence-electron chi connectivity index (χ0n) is 5.94. The van der Waals surface area contributed by atoms with Gasteiger partial charge < -0.3 is 15.3 Å². The number of halogens is 1. The van der Waals surface area contributed by atoms with Crippen LogP contribution in [-0.4, -0.2) is 34.0 Å². The molecule has 0 rings (SSSR count). The Kier molecular flexibility index (Phi) is 19.2. The Bertz CT molecular complexity index is 70.0.